The molecule has 6 heteroatoms. The lowest BCUT2D eigenvalue weighted by molar-refractivity contribution is -0.120. The Morgan fingerprint density at radius 3 is 2.54 bits per heavy atom. The van der Waals surface area contributed by atoms with Crippen molar-refractivity contribution >= 4 is 16.0 Å². The van der Waals surface area contributed by atoms with Crippen molar-refractivity contribution in [3.8, 4) is 0 Å². The first-order valence-corrected chi connectivity index (χ1v) is 5.53. The van der Waals surface area contributed by atoms with Crippen LogP contribution in [0.2, 0.25) is 0 Å². The number of hydrogen-bond donors (Lipinski definition) is 1. The van der Waals surface area contributed by atoms with Crippen LogP contribution in [0.5, 0.6) is 0 Å². The molecule has 0 saturated carbocycles. The van der Waals surface area contributed by atoms with Crippen molar-refractivity contribution in [3.63, 3.8) is 0 Å². The van der Waals surface area contributed by atoms with Crippen molar-refractivity contribution < 1.29 is 17.4 Å². The minimum absolute atomic E-state index is 0.0401. The molecule has 0 aromatic heterocycles. The molecule has 0 aromatic carbocycles. The van der Waals surface area contributed by atoms with Gasteiger partial charge in [0, 0.05) is 12.1 Å². The van der Waals surface area contributed by atoms with Crippen molar-refractivity contribution in [1.29, 1.82) is 0 Å². The summed E-state index contributed by atoms with van der Waals surface area (Å²) in [5.41, 5.74) is 1.28. The molecular formula is C7H11NO4S. The molecule has 13 heavy (non-hydrogen) atoms. The molecule has 1 aliphatic rings. The topological polar surface area (TPSA) is 72.5 Å². The average Bonchev–Trinajstić information content (AvgIpc) is 1.97. The molecule has 0 spiro atoms. The van der Waals surface area contributed by atoms with E-state index in [0.717, 1.165) is 6.26 Å². The van der Waals surface area contributed by atoms with Crippen LogP contribution in [0.15, 0.2) is 11.1 Å². The van der Waals surface area contributed by atoms with E-state index < -0.39 is 10.1 Å². The number of hydrogen-bond acceptors (Lipinski definition) is 4. The van der Waals surface area contributed by atoms with E-state index in [1.54, 1.807) is 6.92 Å². The normalized spacial score (nSPS) is 20.6. The highest BCUT2D eigenvalue weighted by Gasteiger charge is 2.22. The number of carbonyl (C=O) groups is 1. The summed E-state index contributed by atoms with van der Waals surface area (Å²) in [6.45, 7) is 2.14. The molecule has 1 rings (SSSR count). The minimum atomic E-state index is -3.42. The maximum absolute atomic E-state index is 10.8. The van der Waals surface area contributed by atoms with Crippen LogP contribution >= 0.6 is 0 Å². The Kier molecular flexibility index (Phi) is 2.72. The Labute approximate surface area is 76.9 Å². The van der Waals surface area contributed by atoms with E-state index in [4.69, 9.17) is 0 Å². The molecule has 0 atom stereocenters. The van der Waals surface area contributed by atoms with Gasteiger partial charge in [0.2, 0.25) is 5.91 Å². The molecule has 0 aromatic rings. The zero-order valence-electron chi connectivity index (χ0n) is 7.46. The third-order valence-electron chi connectivity index (χ3n) is 1.70. The molecule has 1 fully saturated rings. The second-order valence-corrected chi connectivity index (χ2v) is 4.55. The van der Waals surface area contributed by atoms with Crippen LogP contribution in [0.25, 0.3) is 0 Å². The van der Waals surface area contributed by atoms with Gasteiger partial charge >= 0.3 is 0 Å². The number of amides is 1. The summed E-state index contributed by atoms with van der Waals surface area (Å²) in [5.74, 6) is -0.144. The van der Waals surface area contributed by atoms with Gasteiger partial charge in [0.05, 0.1) is 12.9 Å². The SMILES string of the molecule is CC(COS(C)(=O)=O)=C1CNC1=O. The molecule has 0 radical (unpaired) electrons. The summed E-state index contributed by atoms with van der Waals surface area (Å²) in [4.78, 5) is 10.8. The summed E-state index contributed by atoms with van der Waals surface area (Å²) in [6.07, 6.45) is 0.978. The van der Waals surface area contributed by atoms with Crippen LogP contribution in [0.1, 0.15) is 6.92 Å². The zero-order chi connectivity index (χ0) is 10.1. The first-order chi connectivity index (χ1) is 5.90. The van der Waals surface area contributed by atoms with Gasteiger partial charge < -0.3 is 5.32 Å². The fraction of sp³-hybridized carbons (Fsp3) is 0.571. The van der Waals surface area contributed by atoms with Gasteiger partial charge in [-0.2, -0.15) is 8.42 Å². The van der Waals surface area contributed by atoms with Crippen molar-refractivity contribution in [2.75, 3.05) is 19.4 Å². The van der Waals surface area contributed by atoms with Gasteiger partial charge in [-0.25, -0.2) is 0 Å². The molecule has 0 unspecified atom stereocenters. The minimum Gasteiger partial charge on any atom is -0.348 e. The second kappa shape index (κ2) is 3.47. The molecule has 1 saturated heterocycles. The largest absolute Gasteiger partial charge is 0.348 e. The van der Waals surface area contributed by atoms with Crippen LogP contribution in [-0.2, 0) is 19.1 Å². The van der Waals surface area contributed by atoms with Gasteiger partial charge in [0.1, 0.15) is 0 Å². The summed E-state index contributed by atoms with van der Waals surface area (Å²) in [6, 6.07) is 0. The number of carbonyl (C=O) groups excluding carboxylic acids is 1. The first kappa shape index (κ1) is 10.2. The Balaban J connectivity index is 2.56. The first-order valence-electron chi connectivity index (χ1n) is 3.71. The molecule has 5 nitrogen and oxygen atoms in total. The van der Waals surface area contributed by atoms with E-state index in [1.165, 1.54) is 0 Å². The van der Waals surface area contributed by atoms with Gasteiger partial charge in [-0.15, -0.1) is 0 Å². The maximum Gasteiger partial charge on any atom is 0.264 e. The lowest BCUT2D eigenvalue weighted by Gasteiger charge is -2.20. The second-order valence-electron chi connectivity index (χ2n) is 2.91. The smallest absolute Gasteiger partial charge is 0.264 e. The van der Waals surface area contributed by atoms with E-state index in [0.29, 0.717) is 17.7 Å². The van der Waals surface area contributed by atoms with E-state index in [9.17, 15) is 13.2 Å². The van der Waals surface area contributed by atoms with Gasteiger partial charge in [-0.1, -0.05) is 0 Å². The quantitative estimate of drug-likeness (QED) is 0.379. The van der Waals surface area contributed by atoms with Gasteiger partial charge in [-0.3, -0.25) is 8.98 Å². The average molecular weight is 205 g/mol. The fourth-order valence-corrected chi connectivity index (χ4v) is 1.27. The predicted octanol–water partition coefficient (Wildman–Crippen LogP) is -0.591. The predicted molar refractivity (Wildman–Crippen MR) is 46.5 cm³/mol. The van der Waals surface area contributed by atoms with Crippen LogP contribution in [-0.4, -0.2) is 33.7 Å². The third kappa shape index (κ3) is 2.82. The number of β-lactam (4-membered cyclic amide) rings is 1. The van der Waals surface area contributed by atoms with Gasteiger partial charge in [0.15, 0.2) is 0 Å². The number of rotatable bonds is 3. The van der Waals surface area contributed by atoms with E-state index in [1.807, 2.05) is 0 Å². The summed E-state index contributed by atoms with van der Waals surface area (Å²) < 4.78 is 25.7. The highest BCUT2D eigenvalue weighted by molar-refractivity contribution is 7.85. The summed E-state index contributed by atoms with van der Waals surface area (Å²) in [5, 5.41) is 2.53. The zero-order valence-corrected chi connectivity index (χ0v) is 8.27. The van der Waals surface area contributed by atoms with Crippen molar-refractivity contribution in [1.82, 2.24) is 5.32 Å². The molecule has 1 aliphatic heterocycles. The number of nitrogens with one attached hydrogen (secondary N) is 1. The van der Waals surface area contributed by atoms with Gasteiger partial charge in [-0.05, 0) is 12.5 Å². The van der Waals surface area contributed by atoms with Crippen LogP contribution in [0.3, 0.4) is 0 Å². The van der Waals surface area contributed by atoms with E-state index in [-0.39, 0.29) is 12.5 Å². The molecule has 1 amide bonds. The monoisotopic (exact) mass is 205 g/mol. The third-order valence-corrected chi connectivity index (χ3v) is 2.25. The highest BCUT2D eigenvalue weighted by Crippen LogP contribution is 2.11. The van der Waals surface area contributed by atoms with Crippen LogP contribution < -0.4 is 5.32 Å². The molecule has 0 bridgehead atoms. The molecule has 0 aliphatic carbocycles. The fourth-order valence-electron chi connectivity index (χ4n) is 0.876. The molecular weight excluding hydrogens is 194 g/mol. The maximum atomic E-state index is 10.8. The Hall–Kier alpha value is -0.880. The van der Waals surface area contributed by atoms with Crippen molar-refractivity contribution in [2.24, 2.45) is 0 Å². The Morgan fingerprint density at radius 1 is 1.62 bits per heavy atom. The van der Waals surface area contributed by atoms with Crippen LogP contribution in [0, 0.1) is 0 Å². The van der Waals surface area contributed by atoms with Crippen molar-refractivity contribution in [3.05, 3.63) is 11.1 Å². The Morgan fingerprint density at radius 2 is 2.23 bits per heavy atom. The van der Waals surface area contributed by atoms with Crippen molar-refractivity contribution in [2.45, 2.75) is 6.92 Å². The van der Waals surface area contributed by atoms with Crippen LogP contribution in [0.4, 0.5) is 0 Å². The van der Waals surface area contributed by atoms with E-state index in [2.05, 4.69) is 9.50 Å². The lowest BCUT2D eigenvalue weighted by atomic mass is 10.0. The summed E-state index contributed by atoms with van der Waals surface area (Å²) in [7, 11) is -3.42. The standard InChI is InChI=1S/C7H11NO4S/c1-5(4-12-13(2,10)11)6-3-8-7(6)9/h3-4H2,1-2H3,(H,8,9). The van der Waals surface area contributed by atoms with Gasteiger partial charge in [0.25, 0.3) is 10.1 Å². The summed E-state index contributed by atoms with van der Waals surface area (Å²) >= 11 is 0. The van der Waals surface area contributed by atoms with E-state index >= 15 is 0 Å². The highest BCUT2D eigenvalue weighted by atomic mass is 32.2. The molecule has 1 N–H and O–H groups in total. The molecule has 74 valence electrons. The molecule has 1 heterocycles. The lowest BCUT2D eigenvalue weighted by Crippen LogP contribution is -2.42. The Bertz CT molecular complexity index is 355.